The van der Waals surface area contributed by atoms with Gasteiger partial charge in [-0.3, -0.25) is 0 Å². The van der Waals surface area contributed by atoms with Gasteiger partial charge in [-0.05, 0) is 159 Å². The zero-order valence-corrected chi connectivity index (χ0v) is 39.2. The molecule has 0 N–H and O–H groups in total. The molecule has 12 rings (SSSR count). The molecule has 0 atom stereocenters. The molecule has 2 heterocycles. The molecule has 10 aromatic carbocycles. The van der Waals surface area contributed by atoms with E-state index < -0.39 is 0 Å². The molecular weight excluding hydrogens is 905 g/mol. The van der Waals surface area contributed by atoms with Crippen LogP contribution in [0.15, 0.2) is 206 Å². The highest BCUT2D eigenvalue weighted by atomic mass is 15.0. The van der Waals surface area contributed by atoms with Crippen molar-refractivity contribution in [3.63, 3.8) is 0 Å². The molecule has 0 amide bonds. The Labute approximate surface area is 426 Å². The van der Waals surface area contributed by atoms with E-state index in [1.807, 2.05) is 133 Å². The maximum absolute atomic E-state index is 10.8. The SMILES string of the molecule is [C-]#[N+]c1ccc(-c2ccc3c(c2)c2cc(-c4ccc([N+]#[C-])cc4)ccc2n3-c2ccc(C#N)c(-c3cc(-n4c5ccc(-c6ccc(C#N)cc6)cc5c5cc(-c6ccc(C#N)cc6)ccc54)ccc3[N+]#[C-])c2)cc1. The summed E-state index contributed by atoms with van der Waals surface area (Å²) in [6, 6.07) is 74.3. The van der Waals surface area contributed by atoms with Crippen LogP contribution in [0.2, 0.25) is 0 Å². The smallest absolute Gasteiger partial charge is 0.195 e. The highest BCUT2D eigenvalue weighted by Gasteiger charge is 2.21. The van der Waals surface area contributed by atoms with Gasteiger partial charge in [0.2, 0.25) is 0 Å². The van der Waals surface area contributed by atoms with Gasteiger partial charge in [0.15, 0.2) is 17.1 Å². The Bertz CT molecular complexity index is 4040. The van der Waals surface area contributed by atoms with E-state index in [9.17, 15) is 15.8 Å². The zero-order chi connectivity index (χ0) is 50.5. The van der Waals surface area contributed by atoms with Gasteiger partial charge in [-0.25, -0.2) is 14.5 Å². The lowest BCUT2D eigenvalue weighted by Gasteiger charge is -2.15. The Balaban J connectivity index is 1.04. The highest BCUT2D eigenvalue weighted by Crippen LogP contribution is 2.43. The van der Waals surface area contributed by atoms with Crippen molar-refractivity contribution in [2.45, 2.75) is 0 Å². The Kier molecular flexibility index (Phi) is 10.7. The van der Waals surface area contributed by atoms with E-state index in [1.54, 1.807) is 0 Å². The molecule has 338 valence electrons. The van der Waals surface area contributed by atoms with E-state index in [0.29, 0.717) is 44.9 Å². The van der Waals surface area contributed by atoms with Crippen molar-refractivity contribution < 1.29 is 0 Å². The van der Waals surface area contributed by atoms with Crippen LogP contribution in [-0.2, 0) is 0 Å². The molecule has 0 aliphatic carbocycles. The monoisotopic (exact) mass is 938 g/mol. The Morgan fingerprint density at radius 1 is 0.311 bits per heavy atom. The van der Waals surface area contributed by atoms with Crippen LogP contribution in [0.25, 0.3) is 125 Å². The van der Waals surface area contributed by atoms with Crippen LogP contribution in [0.3, 0.4) is 0 Å². The van der Waals surface area contributed by atoms with Gasteiger partial charge in [0, 0.05) is 32.9 Å². The summed E-state index contributed by atoms with van der Waals surface area (Å²) in [6.45, 7) is 23.4. The second kappa shape index (κ2) is 17.9. The molecule has 0 saturated carbocycles. The van der Waals surface area contributed by atoms with E-state index in [2.05, 4.69) is 115 Å². The van der Waals surface area contributed by atoms with Crippen molar-refractivity contribution in [1.82, 2.24) is 9.13 Å². The van der Waals surface area contributed by atoms with Crippen molar-refractivity contribution in [1.29, 1.82) is 15.8 Å². The molecule has 2 aromatic heterocycles. The third-order valence-electron chi connectivity index (χ3n) is 13.9. The van der Waals surface area contributed by atoms with Gasteiger partial charge in [-0.1, -0.05) is 103 Å². The number of hydrogen-bond donors (Lipinski definition) is 0. The number of aromatic nitrogens is 2. The van der Waals surface area contributed by atoms with Gasteiger partial charge in [-0.15, -0.1) is 0 Å². The van der Waals surface area contributed by atoms with Gasteiger partial charge >= 0.3 is 0 Å². The first kappa shape index (κ1) is 44.0. The number of fused-ring (bicyclic) bond motifs is 6. The summed E-state index contributed by atoms with van der Waals surface area (Å²) in [4.78, 5) is 11.2. The molecule has 8 heteroatoms. The third-order valence-corrected chi connectivity index (χ3v) is 13.9. The van der Waals surface area contributed by atoms with Crippen LogP contribution >= 0.6 is 0 Å². The molecule has 0 aliphatic rings. The Hall–Kier alpha value is -11.3. The van der Waals surface area contributed by atoms with Crippen LogP contribution in [-0.4, -0.2) is 9.13 Å². The van der Waals surface area contributed by atoms with Crippen LogP contribution in [0.4, 0.5) is 17.1 Å². The minimum Gasteiger partial charge on any atom is -0.309 e. The predicted molar refractivity (Wildman–Crippen MR) is 295 cm³/mol. The van der Waals surface area contributed by atoms with Gasteiger partial charge in [0.25, 0.3) is 0 Å². The molecule has 0 saturated heterocycles. The number of nitriles is 3. The molecule has 0 spiro atoms. The molecule has 74 heavy (non-hydrogen) atoms. The minimum absolute atomic E-state index is 0.402. The third kappa shape index (κ3) is 7.44. The van der Waals surface area contributed by atoms with E-state index in [4.69, 9.17) is 19.7 Å². The average molecular weight is 939 g/mol. The van der Waals surface area contributed by atoms with Crippen LogP contribution < -0.4 is 0 Å². The lowest BCUT2D eigenvalue weighted by atomic mass is 9.97. The maximum atomic E-state index is 10.8. The van der Waals surface area contributed by atoms with Gasteiger partial charge in [-0.2, -0.15) is 15.8 Å². The molecule has 12 aromatic rings. The zero-order valence-electron chi connectivity index (χ0n) is 39.2. The van der Waals surface area contributed by atoms with Crippen LogP contribution in [0, 0.1) is 53.7 Å². The molecule has 0 bridgehead atoms. The molecule has 0 fully saturated rings. The van der Waals surface area contributed by atoms with E-state index in [0.717, 1.165) is 99.5 Å². The quantitative estimate of drug-likeness (QED) is 0.149. The normalized spacial score (nSPS) is 10.9. The highest BCUT2D eigenvalue weighted by molar-refractivity contribution is 6.13. The lowest BCUT2D eigenvalue weighted by molar-refractivity contribution is 1.17. The summed E-state index contributed by atoms with van der Waals surface area (Å²) < 4.78 is 4.41. The van der Waals surface area contributed by atoms with Crippen molar-refractivity contribution in [2.24, 2.45) is 0 Å². The molecule has 0 aliphatic heterocycles. The van der Waals surface area contributed by atoms with Gasteiger partial charge < -0.3 is 9.13 Å². The fourth-order valence-corrected chi connectivity index (χ4v) is 10.2. The first-order valence-corrected chi connectivity index (χ1v) is 23.6. The summed E-state index contributed by atoms with van der Waals surface area (Å²) in [7, 11) is 0. The van der Waals surface area contributed by atoms with Crippen molar-refractivity contribution in [2.75, 3.05) is 0 Å². The van der Waals surface area contributed by atoms with Crippen molar-refractivity contribution in [3.05, 3.63) is 257 Å². The molecule has 0 radical (unpaired) electrons. The fourth-order valence-electron chi connectivity index (χ4n) is 10.2. The number of rotatable bonds is 7. The molecular formula is C66H34N8. The van der Waals surface area contributed by atoms with Crippen molar-refractivity contribution in [3.8, 4) is 85.2 Å². The summed E-state index contributed by atoms with van der Waals surface area (Å²) in [6.07, 6.45) is 0. The Morgan fingerprint density at radius 2 is 0.649 bits per heavy atom. The summed E-state index contributed by atoms with van der Waals surface area (Å²) in [5.74, 6) is 0. The largest absolute Gasteiger partial charge is 0.309 e. The van der Waals surface area contributed by atoms with E-state index in [-0.39, 0.29) is 0 Å². The molecule has 0 unspecified atom stereocenters. The minimum atomic E-state index is 0.402. The van der Waals surface area contributed by atoms with E-state index >= 15 is 0 Å². The number of benzene rings is 10. The maximum Gasteiger partial charge on any atom is 0.195 e. The number of nitrogens with zero attached hydrogens (tertiary/aromatic N) is 8. The Morgan fingerprint density at radius 3 is 0.986 bits per heavy atom. The fraction of sp³-hybridized carbons (Fsp3) is 0. The summed E-state index contributed by atoms with van der Waals surface area (Å²) in [5.41, 5.74) is 17.7. The van der Waals surface area contributed by atoms with Crippen LogP contribution in [0.5, 0.6) is 0 Å². The first-order chi connectivity index (χ1) is 36.4. The van der Waals surface area contributed by atoms with Gasteiger partial charge in [0.1, 0.15) is 0 Å². The molecule has 8 nitrogen and oxygen atoms in total. The predicted octanol–water partition coefficient (Wildman–Crippen LogP) is 17.5. The standard InChI is InChI=1S/C66H34N8/c1-70-52-21-12-45(13-22-52)49-19-30-63-60(34-49)61-35-50(46-14-23-53(71-2)24-15-46)20-31-64(61)73(63)54-25-16-51(40-69)56(36-54)57-37-55(26-27-62(57)72-3)74-65-28-17-47(43-8-4-41(38-67)5-9-43)32-58(65)59-33-48(18-29-66(59)74)44-10-6-42(39-68)7-11-44/h4-37H. The van der Waals surface area contributed by atoms with Crippen LogP contribution in [0.1, 0.15) is 16.7 Å². The van der Waals surface area contributed by atoms with E-state index in [1.165, 1.54) is 0 Å². The number of hydrogen-bond acceptors (Lipinski definition) is 3. The first-order valence-electron chi connectivity index (χ1n) is 23.6. The summed E-state index contributed by atoms with van der Waals surface area (Å²) in [5, 5.41) is 33.8. The second-order valence-corrected chi connectivity index (χ2v) is 17.9. The lowest BCUT2D eigenvalue weighted by Crippen LogP contribution is -1.98. The average Bonchev–Trinajstić information content (AvgIpc) is 3.99. The topological polar surface area (TPSA) is 94.3 Å². The van der Waals surface area contributed by atoms with Crippen molar-refractivity contribution >= 4 is 60.7 Å². The summed E-state index contributed by atoms with van der Waals surface area (Å²) >= 11 is 0. The van der Waals surface area contributed by atoms with Gasteiger partial charge in [0.05, 0.1) is 76.7 Å². The second-order valence-electron chi connectivity index (χ2n) is 17.9.